The van der Waals surface area contributed by atoms with Crippen LogP contribution in [0.1, 0.15) is 80.6 Å². The van der Waals surface area contributed by atoms with Gasteiger partial charge in [-0.2, -0.15) is 0 Å². The number of ketones is 1. The summed E-state index contributed by atoms with van der Waals surface area (Å²) in [7, 11) is -3.73. The predicted octanol–water partition coefficient (Wildman–Crippen LogP) is 7.65. The second-order valence-electron chi connectivity index (χ2n) is 14.7. The first-order valence-corrected chi connectivity index (χ1v) is 20.4. The van der Waals surface area contributed by atoms with Gasteiger partial charge in [-0.15, -0.1) is 0 Å². The number of Topliss-reactive ketones (excluding diaryl/α,β-unsaturated/α-hetero) is 1. The molecule has 10 heteroatoms. The van der Waals surface area contributed by atoms with E-state index in [0.717, 1.165) is 19.3 Å². The normalized spacial score (nSPS) is 19.9. The summed E-state index contributed by atoms with van der Waals surface area (Å²) in [6.45, 7) is 14.3. The van der Waals surface area contributed by atoms with Crippen LogP contribution >= 0.6 is 7.60 Å². The molecule has 0 aliphatic heterocycles. The number of amides is 1. The zero-order valence-corrected chi connectivity index (χ0v) is 31.7. The molecule has 0 spiro atoms. The van der Waals surface area contributed by atoms with Gasteiger partial charge >= 0.3 is 13.7 Å². The highest BCUT2D eigenvalue weighted by Crippen LogP contribution is 2.49. The lowest BCUT2D eigenvalue weighted by molar-refractivity contribution is -0.121. The lowest BCUT2D eigenvalue weighted by Gasteiger charge is -2.44. The number of allylic oxidation sites excluding steroid dienone is 2. The molecule has 2 aromatic carbocycles. The van der Waals surface area contributed by atoms with Crippen LogP contribution in [0.2, 0.25) is 5.04 Å². The van der Waals surface area contributed by atoms with E-state index in [1.54, 1.807) is 0 Å². The highest BCUT2D eigenvalue weighted by molar-refractivity contribution is 7.54. The monoisotopic (exact) mass is 685 g/mol. The molecule has 8 nitrogen and oxygen atoms in total. The van der Waals surface area contributed by atoms with E-state index in [2.05, 4.69) is 86.8 Å². The Morgan fingerprint density at radius 1 is 0.936 bits per heavy atom. The van der Waals surface area contributed by atoms with Gasteiger partial charge in [0.05, 0.1) is 0 Å². The number of rotatable bonds is 15. The molecule has 3 rings (SSSR count). The molecule has 4 atom stereocenters. The van der Waals surface area contributed by atoms with Crippen LogP contribution in [0.5, 0.6) is 0 Å². The fourth-order valence-electron chi connectivity index (χ4n) is 6.55. The standard InChI is InChI=1S/C37H56NO7PSi/c1-28(38-35(40)44-36(2,3)4)19-13-10-14-20-29-25-30(26-33(29)34(39)27-46(41,42-8)43-9)45-47(37(5,6)7,31-21-15-11-16-22-31)32-23-17-12-18-24-32/h11-12,14-18,20-24,28-30,33H,10,13,19,25-27H2,1-9H3,(H,38,40)/b20-14+/t28-,29+,30-,33-/m0/s1. The number of ether oxygens (including phenoxy) is 1. The number of alkyl carbamates (subject to hydrolysis) is 1. The second-order valence-corrected chi connectivity index (χ2v) is 21.2. The minimum atomic E-state index is -3.52. The molecule has 1 aliphatic carbocycles. The molecule has 47 heavy (non-hydrogen) atoms. The van der Waals surface area contributed by atoms with Gasteiger partial charge in [0, 0.05) is 32.3 Å². The van der Waals surface area contributed by atoms with Crippen molar-refractivity contribution in [2.45, 2.75) is 103 Å². The van der Waals surface area contributed by atoms with Gasteiger partial charge in [0.25, 0.3) is 8.32 Å². The molecular weight excluding hydrogens is 629 g/mol. The van der Waals surface area contributed by atoms with Crippen LogP contribution in [0, 0.1) is 11.8 Å². The maximum atomic E-state index is 13.8. The van der Waals surface area contributed by atoms with Crippen LogP contribution in [0.4, 0.5) is 4.79 Å². The smallest absolute Gasteiger partial charge is 0.407 e. The van der Waals surface area contributed by atoms with E-state index in [4.69, 9.17) is 18.2 Å². The Morgan fingerprint density at radius 3 is 1.98 bits per heavy atom. The first-order valence-electron chi connectivity index (χ1n) is 16.7. The van der Waals surface area contributed by atoms with Crippen molar-refractivity contribution in [2.75, 3.05) is 20.4 Å². The number of carbonyl (C=O) groups excluding carboxylic acids is 2. The number of benzene rings is 2. The quantitative estimate of drug-likeness (QED) is 0.0890. The molecule has 0 radical (unpaired) electrons. The zero-order valence-electron chi connectivity index (χ0n) is 29.8. The Bertz CT molecular complexity index is 1320. The summed E-state index contributed by atoms with van der Waals surface area (Å²) in [6, 6.07) is 21.0. The molecule has 0 aromatic heterocycles. The van der Waals surface area contributed by atoms with Gasteiger partial charge < -0.3 is 23.5 Å². The summed E-state index contributed by atoms with van der Waals surface area (Å²) in [6.07, 6.45) is 7.07. The Labute approximate surface area is 283 Å². The van der Waals surface area contributed by atoms with Gasteiger partial charge in [-0.3, -0.25) is 9.36 Å². The number of carbonyl (C=O) groups is 2. The number of hydrogen-bond donors (Lipinski definition) is 1. The molecule has 0 unspecified atom stereocenters. The number of unbranched alkanes of at least 4 members (excludes halogenated alkanes) is 1. The third-order valence-corrected chi connectivity index (χ3v) is 15.7. The molecule has 260 valence electrons. The highest BCUT2D eigenvalue weighted by atomic mass is 31.2. The average molecular weight is 686 g/mol. The molecule has 0 heterocycles. The summed E-state index contributed by atoms with van der Waals surface area (Å²) in [4.78, 5) is 25.9. The molecular formula is C37H56NO7PSi. The van der Waals surface area contributed by atoms with E-state index >= 15 is 0 Å². The van der Waals surface area contributed by atoms with Crippen LogP contribution < -0.4 is 15.7 Å². The highest BCUT2D eigenvalue weighted by Gasteiger charge is 2.53. The summed E-state index contributed by atoms with van der Waals surface area (Å²) >= 11 is 0. The molecule has 1 amide bonds. The van der Waals surface area contributed by atoms with E-state index in [1.165, 1.54) is 24.6 Å². The number of hydrogen-bond acceptors (Lipinski definition) is 7. The molecule has 2 aromatic rings. The van der Waals surface area contributed by atoms with Gasteiger partial charge in [-0.25, -0.2) is 4.79 Å². The first kappa shape index (κ1) is 38.9. The molecule has 1 fully saturated rings. The summed E-state index contributed by atoms with van der Waals surface area (Å²) in [5.74, 6) is -0.582. The molecule has 1 N–H and O–H groups in total. The van der Waals surface area contributed by atoms with Gasteiger partial charge in [-0.1, -0.05) is 93.6 Å². The van der Waals surface area contributed by atoms with Crippen molar-refractivity contribution in [3.8, 4) is 0 Å². The van der Waals surface area contributed by atoms with E-state index in [-0.39, 0.29) is 41.0 Å². The van der Waals surface area contributed by atoms with Gasteiger partial charge in [-0.05, 0) is 81.1 Å². The molecule has 1 saturated carbocycles. The fraction of sp³-hybridized carbons (Fsp3) is 0.568. The van der Waals surface area contributed by atoms with Crippen LogP contribution in [0.15, 0.2) is 72.8 Å². The minimum absolute atomic E-state index is 0.0273. The summed E-state index contributed by atoms with van der Waals surface area (Å²) in [5, 5.41) is 5.08. The largest absolute Gasteiger partial charge is 0.444 e. The SMILES string of the molecule is COP(=O)(CC(=O)[C@H]1C[C@@H](O[Si](c2ccccc2)(c2ccccc2)C(C)(C)C)C[C@H]1/C=C/CCC[C@H](C)NC(=O)OC(C)(C)C)OC. The first-order chi connectivity index (χ1) is 22.0. The van der Waals surface area contributed by atoms with Crippen molar-refractivity contribution in [3.05, 3.63) is 72.8 Å². The van der Waals surface area contributed by atoms with Crippen LogP contribution in [-0.4, -0.2) is 58.3 Å². The topological polar surface area (TPSA) is 100 Å². The maximum absolute atomic E-state index is 13.8. The Kier molecular flexibility index (Phi) is 13.8. The van der Waals surface area contributed by atoms with Crippen molar-refractivity contribution >= 4 is 38.2 Å². The predicted molar refractivity (Wildman–Crippen MR) is 192 cm³/mol. The van der Waals surface area contributed by atoms with Crippen molar-refractivity contribution in [1.82, 2.24) is 5.32 Å². The van der Waals surface area contributed by atoms with E-state index in [9.17, 15) is 14.2 Å². The van der Waals surface area contributed by atoms with Gasteiger partial charge in [0.2, 0.25) is 0 Å². The fourth-order valence-corrected chi connectivity index (χ4v) is 12.3. The second kappa shape index (κ2) is 16.7. The lowest BCUT2D eigenvalue weighted by Crippen LogP contribution is -2.67. The van der Waals surface area contributed by atoms with Crippen LogP contribution in [0.3, 0.4) is 0 Å². The van der Waals surface area contributed by atoms with Crippen LogP contribution in [0.25, 0.3) is 0 Å². The lowest BCUT2D eigenvalue weighted by atomic mass is 9.92. The van der Waals surface area contributed by atoms with Crippen molar-refractivity contribution in [2.24, 2.45) is 11.8 Å². The Balaban J connectivity index is 1.83. The minimum Gasteiger partial charge on any atom is -0.444 e. The molecule has 0 saturated heterocycles. The van der Waals surface area contributed by atoms with E-state index in [0.29, 0.717) is 12.8 Å². The number of nitrogens with one attached hydrogen (secondary N) is 1. The van der Waals surface area contributed by atoms with Gasteiger partial charge in [0.1, 0.15) is 17.5 Å². The van der Waals surface area contributed by atoms with E-state index < -0.39 is 27.6 Å². The molecule has 0 bridgehead atoms. The van der Waals surface area contributed by atoms with Gasteiger partial charge in [0.15, 0.2) is 0 Å². The zero-order chi connectivity index (χ0) is 34.9. The third-order valence-electron chi connectivity index (χ3n) is 8.80. The van der Waals surface area contributed by atoms with Crippen molar-refractivity contribution in [1.29, 1.82) is 0 Å². The summed E-state index contributed by atoms with van der Waals surface area (Å²) in [5.41, 5.74) is -0.541. The Hall–Kier alpha value is -2.55. The third kappa shape index (κ3) is 10.7. The molecule has 1 aliphatic rings. The Morgan fingerprint density at radius 2 is 1.49 bits per heavy atom. The summed E-state index contributed by atoms with van der Waals surface area (Å²) < 4.78 is 36.1. The van der Waals surface area contributed by atoms with E-state index in [1.807, 2.05) is 39.8 Å². The average Bonchev–Trinajstić information content (AvgIpc) is 3.41. The maximum Gasteiger partial charge on any atom is 0.407 e. The van der Waals surface area contributed by atoms with Crippen molar-refractivity contribution in [3.63, 3.8) is 0 Å². The van der Waals surface area contributed by atoms with Crippen LogP contribution in [-0.2, 0) is 27.6 Å². The van der Waals surface area contributed by atoms with Crippen molar-refractivity contribution < 1.29 is 32.4 Å².